The summed E-state index contributed by atoms with van der Waals surface area (Å²) in [5, 5.41) is 3.52. The van der Waals surface area contributed by atoms with Crippen LogP contribution in [0.2, 0.25) is 0 Å². The van der Waals surface area contributed by atoms with Gasteiger partial charge in [-0.05, 0) is 49.9 Å². The summed E-state index contributed by atoms with van der Waals surface area (Å²) < 4.78 is 5.45. The fraction of sp³-hybridized carbons (Fsp3) is 0.538. The maximum absolute atomic E-state index is 5.45. The zero-order valence-electron chi connectivity index (χ0n) is 9.55. The second-order valence-corrected chi connectivity index (χ2v) is 4.36. The minimum Gasteiger partial charge on any atom is -0.380 e. The van der Waals surface area contributed by atoms with Gasteiger partial charge in [0.05, 0.1) is 6.61 Å². The Hall–Kier alpha value is -1.02. The van der Waals surface area contributed by atoms with E-state index in [1.807, 2.05) is 0 Å². The van der Waals surface area contributed by atoms with Crippen molar-refractivity contribution < 1.29 is 4.74 Å². The topological polar surface area (TPSA) is 21.3 Å². The Morgan fingerprint density at radius 3 is 2.80 bits per heavy atom. The number of hydrogen-bond acceptors (Lipinski definition) is 2. The van der Waals surface area contributed by atoms with Gasteiger partial charge in [0, 0.05) is 18.3 Å². The number of ether oxygens (including phenoxy) is 1. The summed E-state index contributed by atoms with van der Waals surface area (Å²) in [6, 6.07) is 7.02. The van der Waals surface area contributed by atoms with Crippen LogP contribution in [-0.2, 0) is 4.74 Å². The first-order chi connectivity index (χ1) is 7.25. The molecule has 0 amide bonds. The van der Waals surface area contributed by atoms with Gasteiger partial charge >= 0.3 is 0 Å². The SMILES string of the molecule is Cc1ccc(NC2CCCOC2)cc1C. The predicted octanol–water partition coefficient (Wildman–Crippen LogP) is 2.89. The monoisotopic (exact) mass is 205 g/mol. The molecule has 2 nitrogen and oxygen atoms in total. The number of aryl methyl sites for hydroxylation is 2. The van der Waals surface area contributed by atoms with E-state index in [0.29, 0.717) is 6.04 Å². The van der Waals surface area contributed by atoms with Crippen LogP contribution in [0.3, 0.4) is 0 Å². The van der Waals surface area contributed by atoms with E-state index < -0.39 is 0 Å². The molecule has 1 unspecified atom stereocenters. The summed E-state index contributed by atoms with van der Waals surface area (Å²) in [5.41, 5.74) is 3.91. The van der Waals surface area contributed by atoms with Crippen LogP contribution in [0.25, 0.3) is 0 Å². The highest BCUT2D eigenvalue weighted by molar-refractivity contribution is 5.48. The van der Waals surface area contributed by atoms with Gasteiger partial charge in [0.25, 0.3) is 0 Å². The molecular formula is C13H19NO. The smallest absolute Gasteiger partial charge is 0.0667 e. The zero-order chi connectivity index (χ0) is 10.7. The Bertz CT molecular complexity index is 329. The largest absolute Gasteiger partial charge is 0.380 e. The summed E-state index contributed by atoms with van der Waals surface area (Å²) in [7, 11) is 0. The van der Waals surface area contributed by atoms with E-state index in [1.165, 1.54) is 29.7 Å². The molecule has 1 aliphatic heterocycles. The number of rotatable bonds is 2. The van der Waals surface area contributed by atoms with Crippen molar-refractivity contribution in [3.05, 3.63) is 29.3 Å². The summed E-state index contributed by atoms with van der Waals surface area (Å²) in [5.74, 6) is 0. The highest BCUT2D eigenvalue weighted by Crippen LogP contribution is 2.17. The second-order valence-electron chi connectivity index (χ2n) is 4.36. The molecule has 1 aliphatic rings. The van der Waals surface area contributed by atoms with Gasteiger partial charge < -0.3 is 10.1 Å². The van der Waals surface area contributed by atoms with Crippen LogP contribution in [-0.4, -0.2) is 19.3 Å². The first-order valence-corrected chi connectivity index (χ1v) is 5.67. The standard InChI is InChI=1S/C13H19NO/c1-10-5-6-12(8-11(10)2)14-13-4-3-7-15-9-13/h5-6,8,13-14H,3-4,7,9H2,1-2H3. The van der Waals surface area contributed by atoms with Crippen LogP contribution in [0.1, 0.15) is 24.0 Å². The quantitative estimate of drug-likeness (QED) is 0.801. The molecule has 2 rings (SSSR count). The van der Waals surface area contributed by atoms with Crippen molar-refractivity contribution in [2.75, 3.05) is 18.5 Å². The van der Waals surface area contributed by atoms with Gasteiger partial charge in [0.15, 0.2) is 0 Å². The minimum absolute atomic E-state index is 0.487. The van der Waals surface area contributed by atoms with Crippen molar-refractivity contribution >= 4 is 5.69 Å². The van der Waals surface area contributed by atoms with E-state index in [1.54, 1.807) is 0 Å². The Morgan fingerprint density at radius 2 is 2.13 bits per heavy atom. The normalized spacial score (nSPS) is 21.3. The Morgan fingerprint density at radius 1 is 1.27 bits per heavy atom. The summed E-state index contributed by atoms with van der Waals surface area (Å²) >= 11 is 0. The van der Waals surface area contributed by atoms with Crippen molar-refractivity contribution in [3.63, 3.8) is 0 Å². The fourth-order valence-electron chi connectivity index (χ4n) is 1.92. The molecule has 0 spiro atoms. The molecule has 0 radical (unpaired) electrons. The van der Waals surface area contributed by atoms with E-state index in [0.717, 1.165) is 13.2 Å². The molecule has 1 saturated heterocycles. The Labute approximate surface area is 91.6 Å². The summed E-state index contributed by atoms with van der Waals surface area (Å²) in [4.78, 5) is 0. The molecule has 82 valence electrons. The van der Waals surface area contributed by atoms with Crippen LogP contribution in [0.5, 0.6) is 0 Å². The Balaban J connectivity index is 2.00. The lowest BCUT2D eigenvalue weighted by molar-refractivity contribution is 0.0876. The zero-order valence-corrected chi connectivity index (χ0v) is 9.55. The third-order valence-corrected chi connectivity index (χ3v) is 3.04. The number of hydrogen-bond donors (Lipinski definition) is 1. The third-order valence-electron chi connectivity index (χ3n) is 3.04. The summed E-state index contributed by atoms with van der Waals surface area (Å²) in [6.45, 7) is 6.05. The molecule has 1 aromatic rings. The molecule has 0 saturated carbocycles. The molecule has 1 N–H and O–H groups in total. The van der Waals surface area contributed by atoms with Gasteiger partial charge in [-0.3, -0.25) is 0 Å². The average molecular weight is 205 g/mol. The number of benzene rings is 1. The lowest BCUT2D eigenvalue weighted by Gasteiger charge is -2.24. The van der Waals surface area contributed by atoms with Gasteiger partial charge in [-0.15, -0.1) is 0 Å². The molecule has 1 fully saturated rings. The molecule has 2 heteroatoms. The molecule has 0 aliphatic carbocycles. The van der Waals surface area contributed by atoms with Crippen molar-refractivity contribution in [3.8, 4) is 0 Å². The molecule has 1 heterocycles. The van der Waals surface area contributed by atoms with Gasteiger partial charge in [-0.1, -0.05) is 6.07 Å². The van der Waals surface area contributed by atoms with Gasteiger partial charge in [0.1, 0.15) is 0 Å². The fourth-order valence-corrected chi connectivity index (χ4v) is 1.92. The molecule has 0 bridgehead atoms. The first kappa shape index (κ1) is 10.5. The summed E-state index contributed by atoms with van der Waals surface area (Å²) in [6.07, 6.45) is 2.38. The van der Waals surface area contributed by atoms with Gasteiger partial charge in [-0.2, -0.15) is 0 Å². The third kappa shape index (κ3) is 2.72. The van der Waals surface area contributed by atoms with Crippen LogP contribution < -0.4 is 5.32 Å². The Kier molecular flexibility index (Phi) is 3.27. The molecule has 0 aromatic heterocycles. The lowest BCUT2D eigenvalue weighted by atomic mass is 10.1. The van der Waals surface area contributed by atoms with E-state index in [4.69, 9.17) is 4.74 Å². The van der Waals surface area contributed by atoms with E-state index in [-0.39, 0.29) is 0 Å². The average Bonchev–Trinajstić information content (AvgIpc) is 2.25. The lowest BCUT2D eigenvalue weighted by Crippen LogP contribution is -2.29. The van der Waals surface area contributed by atoms with E-state index in [2.05, 4.69) is 37.4 Å². The van der Waals surface area contributed by atoms with Crippen LogP contribution in [0.15, 0.2) is 18.2 Å². The van der Waals surface area contributed by atoms with Gasteiger partial charge in [-0.25, -0.2) is 0 Å². The van der Waals surface area contributed by atoms with Crippen molar-refractivity contribution in [1.29, 1.82) is 0 Å². The van der Waals surface area contributed by atoms with E-state index >= 15 is 0 Å². The first-order valence-electron chi connectivity index (χ1n) is 5.67. The molecular weight excluding hydrogens is 186 g/mol. The maximum Gasteiger partial charge on any atom is 0.0667 e. The van der Waals surface area contributed by atoms with Gasteiger partial charge in [0.2, 0.25) is 0 Å². The predicted molar refractivity (Wildman–Crippen MR) is 63.4 cm³/mol. The highest BCUT2D eigenvalue weighted by atomic mass is 16.5. The minimum atomic E-state index is 0.487. The highest BCUT2D eigenvalue weighted by Gasteiger charge is 2.13. The maximum atomic E-state index is 5.45. The molecule has 1 aromatic carbocycles. The number of anilines is 1. The number of nitrogens with one attached hydrogen (secondary N) is 1. The van der Waals surface area contributed by atoms with E-state index in [9.17, 15) is 0 Å². The van der Waals surface area contributed by atoms with Crippen molar-refractivity contribution in [2.24, 2.45) is 0 Å². The van der Waals surface area contributed by atoms with Crippen molar-refractivity contribution in [2.45, 2.75) is 32.7 Å². The van der Waals surface area contributed by atoms with Crippen LogP contribution in [0.4, 0.5) is 5.69 Å². The van der Waals surface area contributed by atoms with Crippen molar-refractivity contribution in [1.82, 2.24) is 0 Å². The molecule has 1 atom stereocenters. The van der Waals surface area contributed by atoms with Crippen LogP contribution >= 0.6 is 0 Å². The second kappa shape index (κ2) is 4.67. The van der Waals surface area contributed by atoms with Crippen LogP contribution in [0, 0.1) is 13.8 Å². The molecule has 15 heavy (non-hydrogen) atoms.